The van der Waals surface area contributed by atoms with E-state index < -0.39 is 22.2 Å². The summed E-state index contributed by atoms with van der Waals surface area (Å²) >= 11 is 0. The molecule has 1 rings (SSSR count). The minimum Gasteiger partial charge on any atom is -0.289 e. The van der Waals surface area contributed by atoms with Gasteiger partial charge in [0.05, 0.1) is 4.92 Å². The molecule has 72 valence electrons. The molecular formula is C9H6FNO3. The van der Waals surface area contributed by atoms with Crippen molar-refractivity contribution >= 4 is 11.5 Å². The number of nitro benzene ring substituents is 1. The van der Waals surface area contributed by atoms with E-state index in [1.165, 1.54) is 12.1 Å². The Morgan fingerprint density at radius 2 is 2.21 bits per heavy atom. The highest BCUT2D eigenvalue weighted by molar-refractivity contribution is 6.07. The second kappa shape index (κ2) is 3.78. The normalized spacial score (nSPS) is 9.50. The third kappa shape index (κ3) is 1.66. The molecule has 0 aliphatic carbocycles. The number of carbonyl (C=O) groups excluding carboxylic acids is 1. The van der Waals surface area contributed by atoms with Crippen LogP contribution in [0.15, 0.2) is 30.9 Å². The molecule has 0 aromatic heterocycles. The number of ketones is 1. The molecule has 0 bridgehead atoms. The molecule has 1 aromatic rings. The fraction of sp³-hybridized carbons (Fsp3) is 0. The van der Waals surface area contributed by atoms with E-state index in [2.05, 4.69) is 6.58 Å². The minimum atomic E-state index is -1.03. The van der Waals surface area contributed by atoms with Crippen molar-refractivity contribution < 1.29 is 14.1 Å². The average molecular weight is 195 g/mol. The van der Waals surface area contributed by atoms with Crippen LogP contribution in [0.3, 0.4) is 0 Å². The summed E-state index contributed by atoms with van der Waals surface area (Å²) in [4.78, 5) is 20.6. The second-order valence-corrected chi connectivity index (χ2v) is 2.46. The van der Waals surface area contributed by atoms with Crippen LogP contribution in [0.4, 0.5) is 10.1 Å². The molecular weight excluding hydrogens is 189 g/mol. The highest BCUT2D eigenvalue weighted by Gasteiger charge is 2.22. The molecule has 0 amide bonds. The van der Waals surface area contributed by atoms with E-state index in [9.17, 15) is 19.3 Å². The standard InChI is InChI=1S/C9H6FNO3/c1-2-8(12)6-4-3-5-7(10)9(6)11(13)14/h2-5H,1H2. The molecule has 0 spiro atoms. The predicted molar refractivity (Wildman–Crippen MR) is 47.6 cm³/mol. The highest BCUT2D eigenvalue weighted by Crippen LogP contribution is 2.22. The molecule has 0 saturated carbocycles. The van der Waals surface area contributed by atoms with Gasteiger partial charge in [0, 0.05) is 0 Å². The Kier molecular flexibility index (Phi) is 2.71. The maximum atomic E-state index is 13.0. The Morgan fingerprint density at radius 3 is 2.71 bits per heavy atom. The number of halogens is 1. The SMILES string of the molecule is C=CC(=O)c1cccc(F)c1[N+](=O)[O-]. The Morgan fingerprint density at radius 1 is 1.57 bits per heavy atom. The number of allylic oxidation sites excluding steroid dienone is 1. The minimum absolute atomic E-state index is 0.287. The van der Waals surface area contributed by atoms with E-state index in [4.69, 9.17) is 0 Å². The lowest BCUT2D eigenvalue weighted by Gasteiger charge is -1.98. The zero-order valence-corrected chi connectivity index (χ0v) is 7.07. The van der Waals surface area contributed by atoms with Crippen molar-refractivity contribution in [3.05, 3.63) is 52.3 Å². The lowest BCUT2D eigenvalue weighted by Crippen LogP contribution is -2.03. The molecule has 0 saturated heterocycles. The van der Waals surface area contributed by atoms with Gasteiger partial charge < -0.3 is 0 Å². The van der Waals surface area contributed by atoms with Gasteiger partial charge in [0.15, 0.2) is 5.78 Å². The first-order chi connectivity index (χ1) is 6.57. The van der Waals surface area contributed by atoms with Gasteiger partial charge in [0.2, 0.25) is 5.82 Å². The topological polar surface area (TPSA) is 60.2 Å². The molecule has 0 aliphatic rings. The Bertz CT molecular complexity index is 415. The number of nitrogens with zero attached hydrogens (tertiary/aromatic N) is 1. The summed E-state index contributed by atoms with van der Waals surface area (Å²) in [5.41, 5.74) is -1.09. The quantitative estimate of drug-likeness (QED) is 0.321. The lowest BCUT2D eigenvalue weighted by molar-refractivity contribution is -0.387. The van der Waals surface area contributed by atoms with Crippen molar-refractivity contribution in [3.8, 4) is 0 Å². The fourth-order valence-corrected chi connectivity index (χ4v) is 1.01. The molecule has 0 N–H and O–H groups in total. The van der Waals surface area contributed by atoms with E-state index >= 15 is 0 Å². The first-order valence-electron chi connectivity index (χ1n) is 3.67. The molecule has 0 unspecified atom stereocenters. The largest absolute Gasteiger partial charge is 0.315 e. The average Bonchev–Trinajstić information content (AvgIpc) is 2.15. The van der Waals surface area contributed by atoms with Crippen molar-refractivity contribution in [2.45, 2.75) is 0 Å². The van der Waals surface area contributed by atoms with Gasteiger partial charge in [0.1, 0.15) is 5.56 Å². The van der Waals surface area contributed by atoms with Crippen LogP contribution in [0.5, 0.6) is 0 Å². The maximum Gasteiger partial charge on any atom is 0.315 e. The van der Waals surface area contributed by atoms with Gasteiger partial charge in [-0.05, 0) is 18.2 Å². The summed E-state index contributed by atoms with van der Waals surface area (Å²) in [5.74, 6) is -1.70. The molecule has 0 radical (unpaired) electrons. The van der Waals surface area contributed by atoms with Crippen LogP contribution in [0, 0.1) is 15.9 Å². The smallest absolute Gasteiger partial charge is 0.289 e. The second-order valence-electron chi connectivity index (χ2n) is 2.46. The molecule has 5 heteroatoms. The van der Waals surface area contributed by atoms with Crippen molar-refractivity contribution in [2.75, 3.05) is 0 Å². The number of hydrogen-bond donors (Lipinski definition) is 0. The fourth-order valence-electron chi connectivity index (χ4n) is 1.01. The molecule has 14 heavy (non-hydrogen) atoms. The Labute approximate surface area is 78.8 Å². The third-order valence-electron chi connectivity index (χ3n) is 1.62. The van der Waals surface area contributed by atoms with Crippen LogP contribution in [0.1, 0.15) is 10.4 Å². The van der Waals surface area contributed by atoms with Gasteiger partial charge >= 0.3 is 5.69 Å². The van der Waals surface area contributed by atoms with E-state index in [1.54, 1.807) is 0 Å². The summed E-state index contributed by atoms with van der Waals surface area (Å²) in [6, 6.07) is 3.35. The number of hydrogen-bond acceptors (Lipinski definition) is 3. The number of para-hydroxylation sites is 1. The van der Waals surface area contributed by atoms with Gasteiger partial charge in [-0.2, -0.15) is 4.39 Å². The summed E-state index contributed by atoms with van der Waals surface area (Å²) in [7, 11) is 0. The van der Waals surface area contributed by atoms with Gasteiger partial charge in [-0.15, -0.1) is 0 Å². The maximum absolute atomic E-state index is 13.0. The van der Waals surface area contributed by atoms with E-state index in [0.717, 1.165) is 12.1 Å². The van der Waals surface area contributed by atoms with Crippen LogP contribution in [0.25, 0.3) is 0 Å². The van der Waals surface area contributed by atoms with Gasteiger partial charge in [-0.3, -0.25) is 14.9 Å². The van der Waals surface area contributed by atoms with Crippen LogP contribution in [-0.4, -0.2) is 10.7 Å². The van der Waals surface area contributed by atoms with E-state index in [1.807, 2.05) is 0 Å². The summed E-state index contributed by atoms with van der Waals surface area (Å²) < 4.78 is 13.0. The van der Waals surface area contributed by atoms with Gasteiger partial charge in [-0.25, -0.2) is 0 Å². The predicted octanol–water partition coefficient (Wildman–Crippen LogP) is 2.10. The number of carbonyl (C=O) groups is 1. The highest BCUT2D eigenvalue weighted by atomic mass is 19.1. The van der Waals surface area contributed by atoms with Crippen molar-refractivity contribution in [3.63, 3.8) is 0 Å². The van der Waals surface area contributed by atoms with E-state index in [-0.39, 0.29) is 5.56 Å². The Hall–Kier alpha value is -2.04. The van der Waals surface area contributed by atoms with Crippen molar-refractivity contribution in [1.29, 1.82) is 0 Å². The Balaban J connectivity index is 3.42. The number of benzene rings is 1. The summed E-state index contributed by atoms with van der Waals surface area (Å²) in [5, 5.41) is 10.4. The first kappa shape index (κ1) is 10.0. The van der Waals surface area contributed by atoms with Crippen LogP contribution < -0.4 is 0 Å². The molecule has 0 atom stereocenters. The molecule has 1 aromatic carbocycles. The molecule has 0 aliphatic heterocycles. The molecule has 0 fully saturated rings. The molecule has 4 nitrogen and oxygen atoms in total. The van der Waals surface area contributed by atoms with Crippen LogP contribution >= 0.6 is 0 Å². The van der Waals surface area contributed by atoms with E-state index in [0.29, 0.717) is 0 Å². The monoisotopic (exact) mass is 195 g/mol. The zero-order valence-electron chi connectivity index (χ0n) is 7.07. The summed E-state index contributed by atoms with van der Waals surface area (Å²) in [6.07, 6.45) is 0.905. The van der Waals surface area contributed by atoms with Crippen molar-refractivity contribution in [2.24, 2.45) is 0 Å². The third-order valence-corrected chi connectivity index (χ3v) is 1.62. The zero-order chi connectivity index (χ0) is 10.7. The van der Waals surface area contributed by atoms with Gasteiger partial charge in [-0.1, -0.05) is 12.6 Å². The number of nitro groups is 1. The van der Waals surface area contributed by atoms with Crippen molar-refractivity contribution in [1.82, 2.24) is 0 Å². The first-order valence-corrected chi connectivity index (χ1v) is 3.67. The van der Waals surface area contributed by atoms with Gasteiger partial charge in [0.25, 0.3) is 0 Å². The molecule has 0 heterocycles. The summed E-state index contributed by atoms with van der Waals surface area (Å²) in [6.45, 7) is 3.17. The van der Waals surface area contributed by atoms with Crippen LogP contribution in [0.2, 0.25) is 0 Å². The number of rotatable bonds is 3. The van der Waals surface area contributed by atoms with Crippen LogP contribution in [-0.2, 0) is 0 Å². The lowest BCUT2D eigenvalue weighted by atomic mass is 10.1.